The molecule has 7 heteroatoms. The Kier molecular flexibility index (Phi) is 7.75. The molecule has 192 valence electrons. The number of unbranched alkanes of at least 4 members (excludes halogenated alkanes) is 3. The lowest BCUT2D eigenvalue weighted by Crippen LogP contribution is -2.49. The van der Waals surface area contributed by atoms with Gasteiger partial charge in [-0.1, -0.05) is 33.1 Å². The normalized spacial score (nSPS) is 17.9. The molecule has 1 aliphatic carbocycles. The van der Waals surface area contributed by atoms with Gasteiger partial charge in [0, 0.05) is 43.0 Å². The minimum absolute atomic E-state index is 0.305. The molecule has 1 unspecified atom stereocenters. The molecule has 3 heterocycles. The number of thiophene rings is 1. The van der Waals surface area contributed by atoms with Crippen LogP contribution in [0.4, 0.5) is 5.82 Å². The van der Waals surface area contributed by atoms with Crippen LogP contribution in [0.15, 0.2) is 24.3 Å². The van der Waals surface area contributed by atoms with E-state index in [0.717, 1.165) is 85.6 Å². The van der Waals surface area contributed by atoms with E-state index < -0.39 is 0 Å². The number of carbonyl (C=O) groups is 1. The Hall–Kier alpha value is -2.67. The Morgan fingerprint density at radius 1 is 1.08 bits per heavy atom. The van der Waals surface area contributed by atoms with Gasteiger partial charge in [0.25, 0.3) is 0 Å². The van der Waals surface area contributed by atoms with E-state index in [2.05, 4.69) is 23.6 Å². The summed E-state index contributed by atoms with van der Waals surface area (Å²) in [7, 11) is 1.68. The molecule has 0 saturated carbocycles. The van der Waals surface area contributed by atoms with Gasteiger partial charge in [0.05, 0.1) is 12.5 Å². The first-order chi connectivity index (χ1) is 17.6. The summed E-state index contributed by atoms with van der Waals surface area (Å²) in [5, 5.41) is 1.25. The van der Waals surface area contributed by atoms with Gasteiger partial charge in [0.15, 0.2) is 5.82 Å². The van der Waals surface area contributed by atoms with E-state index in [0.29, 0.717) is 12.3 Å². The van der Waals surface area contributed by atoms with E-state index in [1.54, 1.807) is 7.11 Å². The fourth-order valence-corrected chi connectivity index (χ4v) is 6.83. The van der Waals surface area contributed by atoms with Crippen molar-refractivity contribution < 1.29 is 9.53 Å². The lowest BCUT2D eigenvalue weighted by Gasteiger charge is -2.36. The second-order valence-electron chi connectivity index (χ2n) is 10.3. The molecule has 5 rings (SSSR count). The van der Waals surface area contributed by atoms with Crippen molar-refractivity contribution in [2.75, 3.05) is 38.2 Å². The third-order valence-corrected chi connectivity index (χ3v) is 8.81. The highest BCUT2D eigenvalue weighted by atomic mass is 32.1. The summed E-state index contributed by atoms with van der Waals surface area (Å²) < 4.78 is 5.35. The van der Waals surface area contributed by atoms with E-state index in [1.165, 1.54) is 35.1 Å². The summed E-state index contributed by atoms with van der Waals surface area (Å²) >= 11 is 1.85. The Morgan fingerprint density at radius 3 is 2.58 bits per heavy atom. The number of amides is 1. The van der Waals surface area contributed by atoms with Gasteiger partial charge in [-0.2, -0.15) is 0 Å². The van der Waals surface area contributed by atoms with Gasteiger partial charge in [0.2, 0.25) is 5.91 Å². The molecule has 1 fully saturated rings. The van der Waals surface area contributed by atoms with E-state index in [9.17, 15) is 4.79 Å². The average Bonchev–Trinajstić information content (AvgIpc) is 3.28. The standard InChI is InChI=1S/C29H38N4O2S/c1-4-5-6-7-8-25(34)32-15-17-33(18-16-32)28-26-23-14-9-20(2)19-24(23)36-29(26)31-27(30-28)21-10-12-22(35-3)13-11-21/h10-13,20H,4-9,14-19H2,1-3H3. The van der Waals surface area contributed by atoms with Crippen LogP contribution in [0.2, 0.25) is 0 Å². The first-order valence-electron chi connectivity index (χ1n) is 13.6. The maximum Gasteiger partial charge on any atom is 0.222 e. The van der Waals surface area contributed by atoms with Crippen LogP contribution in [-0.2, 0) is 17.6 Å². The molecule has 1 amide bonds. The summed E-state index contributed by atoms with van der Waals surface area (Å²) in [6.07, 6.45) is 8.70. The van der Waals surface area contributed by atoms with Crippen molar-refractivity contribution in [1.82, 2.24) is 14.9 Å². The zero-order valence-electron chi connectivity index (χ0n) is 21.9. The summed E-state index contributed by atoms with van der Waals surface area (Å²) in [5.41, 5.74) is 2.46. The summed E-state index contributed by atoms with van der Waals surface area (Å²) in [6, 6.07) is 8.01. The highest BCUT2D eigenvalue weighted by molar-refractivity contribution is 7.19. The number of hydrogen-bond acceptors (Lipinski definition) is 6. The van der Waals surface area contributed by atoms with Crippen molar-refractivity contribution >= 4 is 33.3 Å². The Balaban J connectivity index is 1.42. The van der Waals surface area contributed by atoms with Crippen LogP contribution in [0.1, 0.15) is 62.8 Å². The summed E-state index contributed by atoms with van der Waals surface area (Å²) in [5.74, 6) is 3.67. The SMILES string of the molecule is CCCCCCC(=O)N1CCN(c2nc(-c3ccc(OC)cc3)nc3sc4c(c23)CCC(C)C4)CC1. The van der Waals surface area contributed by atoms with Gasteiger partial charge >= 0.3 is 0 Å². The molecule has 1 atom stereocenters. The van der Waals surface area contributed by atoms with Crippen LogP contribution < -0.4 is 9.64 Å². The third-order valence-electron chi connectivity index (χ3n) is 7.66. The maximum absolute atomic E-state index is 12.8. The number of nitrogens with zero attached hydrogens (tertiary/aromatic N) is 4. The number of piperazine rings is 1. The fourth-order valence-electron chi connectivity index (χ4n) is 5.45. The second kappa shape index (κ2) is 11.2. The first-order valence-corrected chi connectivity index (χ1v) is 14.4. The van der Waals surface area contributed by atoms with Gasteiger partial charge in [-0.05, 0) is 61.4 Å². The van der Waals surface area contributed by atoms with Crippen LogP contribution in [0, 0.1) is 5.92 Å². The van der Waals surface area contributed by atoms with Crippen molar-refractivity contribution in [1.29, 1.82) is 0 Å². The van der Waals surface area contributed by atoms with Crippen molar-refractivity contribution in [2.45, 2.75) is 65.2 Å². The lowest BCUT2D eigenvalue weighted by atomic mass is 9.89. The molecule has 0 bridgehead atoms. The van der Waals surface area contributed by atoms with Gasteiger partial charge in [-0.15, -0.1) is 11.3 Å². The lowest BCUT2D eigenvalue weighted by molar-refractivity contribution is -0.131. The molecule has 2 aliphatic rings. The number of benzene rings is 1. The van der Waals surface area contributed by atoms with Crippen LogP contribution in [0.25, 0.3) is 21.6 Å². The van der Waals surface area contributed by atoms with E-state index in [-0.39, 0.29) is 0 Å². The van der Waals surface area contributed by atoms with Gasteiger partial charge in [-0.3, -0.25) is 4.79 Å². The van der Waals surface area contributed by atoms with Crippen LogP contribution in [0.3, 0.4) is 0 Å². The molecule has 1 aromatic carbocycles. The minimum Gasteiger partial charge on any atom is -0.497 e. The zero-order chi connectivity index (χ0) is 25.1. The Labute approximate surface area is 218 Å². The Morgan fingerprint density at radius 2 is 1.86 bits per heavy atom. The molecule has 0 spiro atoms. The van der Waals surface area contributed by atoms with Crippen LogP contribution >= 0.6 is 11.3 Å². The molecular weight excluding hydrogens is 468 g/mol. The predicted octanol–water partition coefficient (Wildman–Crippen LogP) is 6.11. The fraction of sp³-hybridized carbons (Fsp3) is 0.552. The monoisotopic (exact) mass is 506 g/mol. The van der Waals surface area contributed by atoms with Crippen molar-refractivity contribution in [3.05, 3.63) is 34.7 Å². The molecule has 1 aliphatic heterocycles. The van der Waals surface area contributed by atoms with Gasteiger partial charge < -0.3 is 14.5 Å². The van der Waals surface area contributed by atoms with E-state index in [1.807, 2.05) is 35.6 Å². The average molecular weight is 507 g/mol. The number of anilines is 1. The first kappa shape index (κ1) is 25.0. The van der Waals surface area contributed by atoms with E-state index in [4.69, 9.17) is 14.7 Å². The number of methoxy groups -OCH3 is 1. The molecule has 1 saturated heterocycles. The summed E-state index contributed by atoms with van der Waals surface area (Å²) in [4.78, 5) is 30.0. The molecule has 3 aromatic rings. The second-order valence-corrected chi connectivity index (χ2v) is 11.4. The molecule has 6 nitrogen and oxygen atoms in total. The zero-order valence-corrected chi connectivity index (χ0v) is 22.7. The summed E-state index contributed by atoms with van der Waals surface area (Å²) in [6.45, 7) is 7.71. The smallest absolute Gasteiger partial charge is 0.222 e. The largest absolute Gasteiger partial charge is 0.497 e. The number of carbonyl (C=O) groups excluding carboxylic acids is 1. The topological polar surface area (TPSA) is 58.6 Å². The Bertz CT molecular complexity index is 1200. The number of rotatable bonds is 8. The van der Waals surface area contributed by atoms with Crippen molar-refractivity contribution in [3.8, 4) is 17.1 Å². The predicted molar refractivity (Wildman–Crippen MR) is 148 cm³/mol. The van der Waals surface area contributed by atoms with Crippen LogP contribution in [0.5, 0.6) is 5.75 Å². The van der Waals surface area contributed by atoms with Gasteiger partial charge in [-0.25, -0.2) is 9.97 Å². The molecular formula is C29H38N4O2S. The highest BCUT2D eigenvalue weighted by Gasteiger charge is 2.28. The minimum atomic E-state index is 0.305. The third kappa shape index (κ3) is 5.22. The number of aromatic nitrogens is 2. The van der Waals surface area contributed by atoms with Crippen molar-refractivity contribution in [3.63, 3.8) is 0 Å². The number of aryl methyl sites for hydroxylation is 1. The maximum atomic E-state index is 12.8. The molecule has 0 N–H and O–H groups in total. The molecule has 36 heavy (non-hydrogen) atoms. The molecule has 0 radical (unpaired) electrons. The number of hydrogen-bond donors (Lipinski definition) is 0. The van der Waals surface area contributed by atoms with Gasteiger partial charge in [0.1, 0.15) is 16.4 Å². The number of ether oxygens (including phenoxy) is 1. The molecule has 2 aromatic heterocycles. The highest BCUT2D eigenvalue weighted by Crippen LogP contribution is 2.42. The van der Waals surface area contributed by atoms with E-state index >= 15 is 0 Å². The number of fused-ring (bicyclic) bond motifs is 3. The quantitative estimate of drug-likeness (QED) is 0.345. The van der Waals surface area contributed by atoms with Crippen LogP contribution in [-0.4, -0.2) is 54.1 Å². The van der Waals surface area contributed by atoms with Crippen molar-refractivity contribution in [2.24, 2.45) is 5.92 Å².